The van der Waals surface area contributed by atoms with Gasteiger partial charge in [0, 0.05) is 43.8 Å². The summed E-state index contributed by atoms with van der Waals surface area (Å²) in [4.78, 5) is 19.6. The molecule has 3 heterocycles. The highest BCUT2D eigenvalue weighted by molar-refractivity contribution is 7.15. The molecule has 9 heteroatoms. The molecule has 7 nitrogen and oxygen atoms in total. The van der Waals surface area contributed by atoms with E-state index in [1.165, 1.54) is 17.4 Å². The number of carbonyl (C=O) groups is 1. The van der Waals surface area contributed by atoms with Crippen molar-refractivity contribution in [3.63, 3.8) is 0 Å². The zero-order valence-corrected chi connectivity index (χ0v) is 18.0. The van der Waals surface area contributed by atoms with Gasteiger partial charge in [0.25, 0.3) is 0 Å². The van der Waals surface area contributed by atoms with Crippen molar-refractivity contribution in [1.29, 1.82) is 0 Å². The van der Waals surface area contributed by atoms with Crippen molar-refractivity contribution < 1.29 is 14.3 Å². The molecule has 1 aromatic carbocycles. The van der Waals surface area contributed by atoms with Crippen molar-refractivity contribution in [3.8, 4) is 5.75 Å². The van der Waals surface area contributed by atoms with Crippen LogP contribution in [0.1, 0.15) is 11.3 Å². The highest BCUT2D eigenvalue weighted by Crippen LogP contribution is 2.22. The van der Waals surface area contributed by atoms with Gasteiger partial charge in [0.15, 0.2) is 10.1 Å². The normalized spacial score (nSPS) is 15.1. The molecule has 3 aromatic rings. The Morgan fingerprint density at radius 1 is 1.37 bits per heavy atom. The van der Waals surface area contributed by atoms with Gasteiger partial charge < -0.3 is 14.8 Å². The molecule has 0 saturated carbocycles. The van der Waals surface area contributed by atoms with Gasteiger partial charge in [-0.2, -0.15) is 0 Å². The van der Waals surface area contributed by atoms with E-state index in [1.807, 2.05) is 40.2 Å². The number of carbonyl (C=O) groups excluding carboxylic acids is 1. The lowest BCUT2D eigenvalue weighted by atomic mass is 10.2. The van der Waals surface area contributed by atoms with Crippen molar-refractivity contribution in [2.24, 2.45) is 0 Å². The van der Waals surface area contributed by atoms with Crippen LogP contribution < -0.4 is 10.1 Å². The number of morpholine rings is 1. The van der Waals surface area contributed by atoms with E-state index in [2.05, 4.69) is 15.2 Å². The first-order chi connectivity index (χ1) is 14.7. The van der Waals surface area contributed by atoms with Crippen molar-refractivity contribution >= 4 is 39.9 Å². The van der Waals surface area contributed by atoms with Gasteiger partial charge in [-0.3, -0.25) is 14.1 Å². The zero-order valence-electron chi connectivity index (χ0n) is 16.4. The fourth-order valence-corrected chi connectivity index (χ4v) is 4.20. The molecular formula is C21H23ClN4O3S. The number of amides is 1. The van der Waals surface area contributed by atoms with Gasteiger partial charge in [0.05, 0.1) is 18.9 Å². The van der Waals surface area contributed by atoms with E-state index in [-0.39, 0.29) is 5.91 Å². The molecule has 4 rings (SSSR count). The average Bonchev–Trinajstić information content (AvgIpc) is 3.32. The van der Waals surface area contributed by atoms with Gasteiger partial charge in [0.1, 0.15) is 12.4 Å². The van der Waals surface area contributed by atoms with Gasteiger partial charge in [-0.15, -0.1) is 11.3 Å². The molecule has 2 aromatic heterocycles. The van der Waals surface area contributed by atoms with E-state index in [0.29, 0.717) is 24.0 Å². The van der Waals surface area contributed by atoms with Crippen molar-refractivity contribution in [1.82, 2.24) is 19.6 Å². The van der Waals surface area contributed by atoms with E-state index >= 15 is 0 Å². The number of thiazole rings is 1. The SMILES string of the molecule is O=C(/C=C/c1c(Cl)nc2sccn12)NCc1cccc(OCCN2CCOCC2)c1. The van der Waals surface area contributed by atoms with Crippen molar-refractivity contribution in [2.45, 2.75) is 6.54 Å². The smallest absolute Gasteiger partial charge is 0.244 e. The number of benzene rings is 1. The molecule has 0 unspecified atom stereocenters. The van der Waals surface area contributed by atoms with Gasteiger partial charge in [0.2, 0.25) is 5.91 Å². The van der Waals surface area contributed by atoms with Crippen LogP contribution in [0.4, 0.5) is 0 Å². The van der Waals surface area contributed by atoms with E-state index in [9.17, 15) is 4.79 Å². The van der Waals surface area contributed by atoms with E-state index in [0.717, 1.165) is 49.1 Å². The number of hydrogen-bond acceptors (Lipinski definition) is 6. The molecule has 1 saturated heterocycles. The zero-order chi connectivity index (χ0) is 20.8. The first kappa shape index (κ1) is 20.9. The molecule has 30 heavy (non-hydrogen) atoms. The van der Waals surface area contributed by atoms with Crippen LogP contribution in [-0.2, 0) is 16.1 Å². The Hall–Kier alpha value is -2.39. The Labute approximate surface area is 183 Å². The number of ether oxygens (including phenoxy) is 2. The fraction of sp³-hybridized carbons (Fsp3) is 0.333. The van der Waals surface area contributed by atoms with Crippen LogP contribution in [0.5, 0.6) is 5.75 Å². The molecular weight excluding hydrogens is 424 g/mol. The van der Waals surface area contributed by atoms with Crippen LogP contribution in [0.25, 0.3) is 11.0 Å². The number of nitrogens with one attached hydrogen (secondary N) is 1. The second-order valence-corrected chi connectivity index (χ2v) is 8.08. The molecule has 0 spiro atoms. The minimum absolute atomic E-state index is 0.199. The van der Waals surface area contributed by atoms with Crippen molar-refractivity contribution in [2.75, 3.05) is 39.5 Å². The van der Waals surface area contributed by atoms with Crippen LogP contribution in [-0.4, -0.2) is 59.6 Å². The van der Waals surface area contributed by atoms with Gasteiger partial charge in [-0.05, 0) is 23.8 Å². The molecule has 1 aliphatic heterocycles. The molecule has 1 amide bonds. The Bertz CT molecular complexity index is 1030. The average molecular weight is 447 g/mol. The maximum atomic E-state index is 12.2. The summed E-state index contributed by atoms with van der Waals surface area (Å²) in [6, 6.07) is 7.77. The van der Waals surface area contributed by atoms with Crippen LogP contribution in [0.15, 0.2) is 41.9 Å². The second kappa shape index (κ2) is 10.1. The predicted octanol–water partition coefficient (Wildman–Crippen LogP) is 3.09. The third-order valence-corrected chi connectivity index (χ3v) is 5.83. The lowest BCUT2D eigenvalue weighted by molar-refractivity contribution is -0.116. The summed E-state index contributed by atoms with van der Waals surface area (Å²) in [5.74, 6) is 0.603. The first-order valence-corrected chi connectivity index (χ1v) is 11.0. The molecule has 1 fully saturated rings. The largest absolute Gasteiger partial charge is 0.492 e. The van der Waals surface area contributed by atoms with E-state index in [4.69, 9.17) is 21.1 Å². The molecule has 0 radical (unpaired) electrons. The third kappa shape index (κ3) is 5.40. The number of hydrogen-bond donors (Lipinski definition) is 1. The first-order valence-electron chi connectivity index (χ1n) is 9.78. The monoisotopic (exact) mass is 446 g/mol. The Morgan fingerprint density at radius 3 is 3.10 bits per heavy atom. The standard InChI is InChI=1S/C21H23ClN4O3S/c22-20-18(26-9-13-30-21(26)24-20)4-5-19(27)23-15-16-2-1-3-17(14-16)29-12-8-25-6-10-28-11-7-25/h1-5,9,13-14H,6-8,10-12,15H2,(H,23,27)/b5-4+. The molecule has 0 atom stereocenters. The summed E-state index contributed by atoms with van der Waals surface area (Å²) < 4.78 is 13.1. The minimum Gasteiger partial charge on any atom is -0.492 e. The lowest BCUT2D eigenvalue weighted by Crippen LogP contribution is -2.38. The minimum atomic E-state index is -0.199. The quantitative estimate of drug-likeness (QED) is 0.538. The summed E-state index contributed by atoms with van der Waals surface area (Å²) in [5, 5.41) is 5.19. The van der Waals surface area contributed by atoms with Crippen LogP contribution in [0.2, 0.25) is 5.15 Å². The molecule has 0 bridgehead atoms. The molecule has 1 N–H and O–H groups in total. The van der Waals surface area contributed by atoms with E-state index in [1.54, 1.807) is 6.08 Å². The molecule has 158 valence electrons. The van der Waals surface area contributed by atoms with Crippen LogP contribution in [0.3, 0.4) is 0 Å². The Balaban J connectivity index is 1.26. The Kier molecular flexibility index (Phi) is 7.01. The summed E-state index contributed by atoms with van der Waals surface area (Å²) >= 11 is 7.63. The maximum absolute atomic E-state index is 12.2. The van der Waals surface area contributed by atoms with Crippen LogP contribution >= 0.6 is 22.9 Å². The molecule has 1 aliphatic rings. The second-order valence-electron chi connectivity index (χ2n) is 6.84. The lowest BCUT2D eigenvalue weighted by Gasteiger charge is -2.26. The number of imidazole rings is 1. The maximum Gasteiger partial charge on any atom is 0.244 e. The highest BCUT2D eigenvalue weighted by atomic mass is 35.5. The fourth-order valence-electron chi connectivity index (χ4n) is 3.19. The van der Waals surface area contributed by atoms with Crippen molar-refractivity contribution in [3.05, 3.63) is 58.3 Å². The number of rotatable bonds is 8. The number of nitrogens with zero attached hydrogens (tertiary/aromatic N) is 3. The summed E-state index contributed by atoms with van der Waals surface area (Å²) in [6.45, 7) is 5.39. The van der Waals surface area contributed by atoms with E-state index < -0.39 is 0 Å². The van der Waals surface area contributed by atoms with Gasteiger partial charge in [-0.1, -0.05) is 23.7 Å². The van der Waals surface area contributed by atoms with Crippen LogP contribution in [0, 0.1) is 0 Å². The predicted molar refractivity (Wildman–Crippen MR) is 118 cm³/mol. The summed E-state index contributed by atoms with van der Waals surface area (Å²) in [5.41, 5.74) is 1.67. The van der Waals surface area contributed by atoms with Gasteiger partial charge >= 0.3 is 0 Å². The third-order valence-electron chi connectivity index (χ3n) is 4.79. The van der Waals surface area contributed by atoms with Gasteiger partial charge in [-0.25, -0.2) is 4.98 Å². The Morgan fingerprint density at radius 2 is 2.23 bits per heavy atom. The molecule has 0 aliphatic carbocycles. The number of halogens is 1. The topological polar surface area (TPSA) is 68.1 Å². The number of fused-ring (bicyclic) bond motifs is 1. The number of aromatic nitrogens is 2. The summed E-state index contributed by atoms with van der Waals surface area (Å²) in [7, 11) is 0. The summed E-state index contributed by atoms with van der Waals surface area (Å²) in [6.07, 6.45) is 5.02. The highest BCUT2D eigenvalue weighted by Gasteiger charge is 2.10.